The number of nitrogens with zero attached hydrogens (tertiary/aromatic N) is 4. The van der Waals surface area contributed by atoms with Crippen LogP contribution in [-0.2, 0) is 0 Å². The lowest BCUT2D eigenvalue weighted by Crippen LogP contribution is -2.45. The van der Waals surface area contributed by atoms with Gasteiger partial charge in [-0.2, -0.15) is 0 Å². The normalized spacial score (nSPS) is 17.8. The SMILES string of the molecule is CCNC(=NCC(C)(C)CN(C)C)NC1CCN(c2ncccc2F)C1.I. The number of hydrogen-bond donors (Lipinski definition) is 2. The highest BCUT2D eigenvalue weighted by Gasteiger charge is 2.26. The van der Waals surface area contributed by atoms with Gasteiger partial charge in [0.15, 0.2) is 17.6 Å². The molecule has 1 fully saturated rings. The number of halogens is 2. The molecule has 2 N–H and O–H groups in total. The van der Waals surface area contributed by atoms with Crippen molar-refractivity contribution in [3.8, 4) is 0 Å². The predicted molar refractivity (Wildman–Crippen MR) is 122 cm³/mol. The molecular weight excluding hydrogens is 458 g/mol. The first-order chi connectivity index (χ1) is 12.3. The molecule has 8 heteroatoms. The minimum absolute atomic E-state index is 0. The molecule has 1 aromatic rings. The molecule has 0 radical (unpaired) electrons. The minimum atomic E-state index is -0.265. The van der Waals surface area contributed by atoms with Gasteiger partial charge in [-0.25, -0.2) is 9.37 Å². The summed E-state index contributed by atoms with van der Waals surface area (Å²) in [4.78, 5) is 13.1. The molecular formula is C19H34FIN6. The first-order valence-corrected chi connectivity index (χ1v) is 9.36. The number of aliphatic imine (C=N–C) groups is 1. The molecule has 0 spiro atoms. The summed E-state index contributed by atoms with van der Waals surface area (Å²) in [6.45, 7) is 10.6. The third kappa shape index (κ3) is 7.77. The molecule has 0 amide bonds. The monoisotopic (exact) mass is 492 g/mol. The van der Waals surface area contributed by atoms with Gasteiger partial charge in [-0.3, -0.25) is 4.99 Å². The zero-order valence-electron chi connectivity index (χ0n) is 17.1. The van der Waals surface area contributed by atoms with Crippen molar-refractivity contribution in [2.75, 3.05) is 51.7 Å². The summed E-state index contributed by atoms with van der Waals surface area (Å²) in [7, 11) is 4.16. The Bertz CT molecular complexity index is 608. The van der Waals surface area contributed by atoms with Gasteiger partial charge in [-0.15, -0.1) is 24.0 Å². The molecule has 2 rings (SSSR count). The zero-order chi connectivity index (χ0) is 19.2. The van der Waals surface area contributed by atoms with E-state index >= 15 is 0 Å². The van der Waals surface area contributed by atoms with Crippen LogP contribution in [0.25, 0.3) is 0 Å². The van der Waals surface area contributed by atoms with E-state index in [1.54, 1.807) is 12.3 Å². The molecule has 2 heterocycles. The molecule has 1 saturated heterocycles. The highest BCUT2D eigenvalue weighted by atomic mass is 127. The highest BCUT2D eigenvalue weighted by Crippen LogP contribution is 2.21. The minimum Gasteiger partial charge on any atom is -0.357 e. The summed E-state index contributed by atoms with van der Waals surface area (Å²) in [6.07, 6.45) is 2.57. The largest absolute Gasteiger partial charge is 0.357 e. The fourth-order valence-electron chi connectivity index (χ4n) is 3.39. The van der Waals surface area contributed by atoms with Crippen molar-refractivity contribution >= 4 is 35.8 Å². The average molecular weight is 492 g/mol. The van der Waals surface area contributed by atoms with E-state index < -0.39 is 0 Å². The molecule has 1 aromatic heterocycles. The second kappa shape index (κ2) is 11.0. The number of aromatic nitrogens is 1. The zero-order valence-corrected chi connectivity index (χ0v) is 19.5. The van der Waals surface area contributed by atoms with Crippen molar-refractivity contribution < 1.29 is 4.39 Å². The van der Waals surface area contributed by atoms with Crippen LogP contribution < -0.4 is 15.5 Å². The van der Waals surface area contributed by atoms with Crippen molar-refractivity contribution in [2.24, 2.45) is 10.4 Å². The summed E-state index contributed by atoms with van der Waals surface area (Å²) < 4.78 is 13.9. The van der Waals surface area contributed by atoms with E-state index in [4.69, 9.17) is 4.99 Å². The van der Waals surface area contributed by atoms with Crippen LogP contribution in [-0.4, -0.2) is 68.7 Å². The van der Waals surface area contributed by atoms with Crippen molar-refractivity contribution in [2.45, 2.75) is 33.2 Å². The van der Waals surface area contributed by atoms with Gasteiger partial charge < -0.3 is 20.4 Å². The first-order valence-electron chi connectivity index (χ1n) is 9.36. The fourth-order valence-corrected chi connectivity index (χ4v) is 3.39. The van der Waals surface area contributed by atoms with Crippen LogP contribution in [0.2, 0.25) is 0 Å². The highest BCUT2D eigenvalue weighted by molar-refractivity contribution is 14.0. The molecule has 1 unspecified atom stereocenters. The summed E-state index contributed by atoms with van der Waals surface area (Å²) >= 11 is 0. The third-order valence-electron chi connectivity index (χ3n) is 4.32. The second-order valence-electron chi connectivity index (χ2n) is 7.98. The predicted octanol–water partition coefficient (Wildman–Crippen LogP) is 2.56. The third-order valence-corrected chi connectivity index (χ3v) is 4.32. The number of pyridine rings is 1. The van der Waals surface area contributed by atoms with Gasteiger partial charge in [0, 0.05) is 45.0 Å². The fraction of sp³-hybridized carbons (Fsp3) is 0.684. The van der Waals surface area contributed by atoms with Crippen molar-refractivity contribution in [3.05, 3.63) is 24.1 Å². The van der Waals surface area contributed by atoms with Gasteiger partial charge in [0.2, 0.25) is 0 Å². The molecule has 0 aliphatic carbocycles. The average Bonchev–Trinajstić information content (AvgIpc) is 3.00. The summed E-state index contributed by atoms with van der Waals surface area (Å²) in [6, 6.07) is 3.31. The number of anilines is 1. The quantitative estimate of drug-likeness (QED) is 0.348. The van der Waals surface area contributed by atoms with Crippen LogP contribution in [0, 0.1) is 11.2 Å². The first kappa shape index (κ1) is 23.9. The molecule has 154 valence electrons. The molecule has 1 atom stereocenters. The Labute approximate surface area is 180 Å². The van der Waals surface area contributed by atoms with Crippen LogP contribution in [0.5, 0.6) is 0 Å². The maximum atomic E-state index is 13.9. The maximum Gasteiger partial charge on any atom is 0.191 e. The van der Waals surface area contributed by atoms with Crippen molar-refractivity contribution in [1.29, 1.82) is 0 Å². The summed E-state index contributed by atoms with van der Waals surface area (Å²) in [5, 5.41) is 6.81. The molecule has 27 heavy (non-hydrogen) atoms. The Morgan fingerprint density at radius 2 is 2.19 bits per heavy atom. The van der Waals surface area contributed by atoms with E-state index in [1.807, 2.05) is 4.90 Å². The van der Waals surface area contributed by atoms with Crippen molar-refractivity contribution in [3.63, 3.8) is 0 Å². The summed E-state index contributed by atoms with van der Waals surface area (Å²) in [5.74, 6) is 0.998. The van der Waals surface area contributed by atoms with Crippen molar-refractivity contribution in [1.82, 2.24) is 20.5 Å². The number of hydrogen-bond acceptors (Lipinski definition) is 4. The summed E-state index contributed by atoms with van der Waals surface area (Å²) in [5.41, 5.74) is 0.102. The Kier molecular flexibility index (Phi) is 9.72. The molecule has 6 nitrogen and oxygen atoms in total. The van der Waals surface area contributed by atoms with Gasteiger partial charge in [-0.05, 0) is 45.0 Å². The second-order valence-corrected chi connectivity index (χ2v) is 7.98. The maximum absolute atomic E-state index is 13.9. The van der Waals surface area contributed by atoms with E-state index in [9.17, 15) is 4.39 Å². The van der Waals surface area contributed by atoms with Gasteiger partial charge >= 0.3 is 0 Å². The number of rotatable bonds is 7. The Morgan fingerprint density at radius 1 is 1.44 bits per heavy atom. The Morgan fingerprint density at radius 3 is 2.81 bits per heavy atom. The van der Waals surface area contributed by atoms with Gasteiger partial charge in [0.1, 0.15) is 0 Å². The van der Waals surface area contributed by atoms with Crippen LogP contribution in [0.3, 0.4) is 0 Å². The van der Waals surface area contributed by atoms with Gasteiger partial charge in [0.25, 0.3) is 0 Å². The van der Waals surface area contributed by atoms with Crippen LogP contribution in [0.15, 0.2) is 23.3 Å². The standard InChI is InChI=1S/C19H33FN6.HI/c1-6-21-18(23-13-19(2,3)14-25(4)5)24-15-9-11-26(12-15)17-16(20)8-7-10-22-17;/h7-8,10,15H,6,9,11-14H2,1-5H3,(H2,21,23,24);1H. The van der Waals surface area contributed by atoms with E-state index in [-0.39, 0.29) is 41.3 Å². The lowest BCUT2D eigenvalue weighted by Gasteiger charge is -2.27. The van der Waals surface area contributed by atoms with Gasteiger partial charge in [-0.1, -0.05) is 13.8 Å². The molecule has 1 aliphatic rings. The van der Waals surface area contributed by atoms with Crippen LogP contribution >= 0.6 is 24.0 Å². The molecule has 0 aromatic carbocycles. The molecule has 1 aliphatic heterocycles. The molecule has 0 bridgehead atoms. The lowest BCUT2D eigenvalue weighted by molar-refractivity contribution is 0.248. The van der Waals surface area contributed by atoms with E-state index in [1.165, 1.54) is 6.07 Å². The van der Waals surface area contributed by atoms with Crippen LogP contribution in [0.4, 0.5) is 10.2 Å². The lowest BCUT2D eigenvalue weighted by atomic mass is 9.93. The number of guanidine groups is 1. The Hall–Kier alpha value is -1.16. The van der Waals surface area contributed by atoms with E-state index in [0.29, 0.717) is 5.82 Å². The Balaban J connectivity index is 0.00000364. The topological polar surface area (TPSA) is 55.8 Å². The van der Waals surface area contributed by atoms with E-state index in [2.05, 4.69) is 55.4 Å². The molecule has 0 saturated carbocycles. The smallest absolute Gasteiger partial charge is 0.191 e. The van der Waals surface area contributed by atoms with E-state index in [0.717, 1.165) is 45.1 Å². The van der Waals surface area contributed by atoms with Gasteiger partial charge in [0.05, 0.1) is 0 Å². The van der Waals surface area contributed by atoms with Crippen LogP contribution in [0.1, 0.15) is 27.2 Å². The number of nitrogens with one attached hydrogen (secondary N) is 2.